The van der Waals surface area contributed by atoms with Crippen LogP contribution in [0.25, 0.3) is 5.65 Å². The molecule has 4 heteroatoms. The van der Waals surface area contributed by atoms with Gasteiger partial charge in [-0.3, -0.25) is 0 Å². The van der Waals surface area contributed by atoms with E-state index in [1.54, 1.807) is 0 Å². The second kappa shape index (κ2) is 3.56. The first-order chi connectivity index (χ1) is 7.72. The van der Waals surface area contributed by atoms with Gasteiger partial charge in [-0.2, -0.15) is 5.10 Å². The fourth-order valence-electron chi connectivity index (χ4n) is 1.95. The molecule has 0 aromatic carbocycles. The van der Waals surface area contributed by atoms with Crippen molar-refractivity contribution in [1.82, 2.24) is 14.6 Å². The Balaban J connectivity index is 1.96. The average Bonchev–Trinajstić information content (AvgIpc) is 2.98. The highest BCUT2D eigenvalue weighted by Crippen LogP contribution is 2.38. The Bertz CT molecular complexity index is 511. The van der Waals surface area contributed by atoms with Gasteiger partial charge >= 0.3 is 0 Å². The predicted octanol–water partition coefficient (Wildman–Crippen LogP) is 1.50. The molecule has 0 spiro atoms. The Kier molecular flexibility index (Phi) is 2.17. The second-order valence-electron chi connectivity index (χ2n) is 4.76. The molecule has 84 valence electrons. The van der Waals surface area contributed by atoms with Crippen LogP contribution in [0.4, 0.5) is 0 Å². The van der Waals surface area contributed by atoms with Crippen LogP contribution < -0.4 is 5.73 Å². The number of rotatable bonds is 3. The first-order valence-corrected chi connectivity index (χ1v) is 5.83. The van der Waals surface area contributed by atoms with Crippen molar-refractivity contribution in [3.63, 3.8) is 0 Å². The van der Waals surface area contributed by atoms with Crippen molar-refractivity contribution in [2.24, 2.45) is 5.73 Å². The minimum atomic E-state index is 0.188. The average molecular weight is 216 g/mol. The van der Waals surface area contributed by atoms with Crippen LogP contribution in [0.1, 0.15) is 37.1 Å². The maximum atomic E-state index is 5.79. The van der Waals surface area contributed by atoms with E-state index in [1.165, 1.54) is 18.4 Å². The molecule has 1 aliphatic rings. The van der Waals surface area contributed by atoms with Crippen molar-refractivity contribution < 1.29 is 0 Å². The van der Waals surface area contributed by atoms with E-state index in [0.29, 0.717) is 5.92 Å². The molecule has 0 radical (unpaired) electrons. The molecule has 0 bridgehead atoms. The Hall–Kier alpha value is -1.42. The first kappa shape index (κ1) is 9.78. The van der Waals surface area contributed by atoms with Gasteiger partial charge in [0.05, 0.1) is 0 Å². The van der Waals surface area contributed by atoms with Gasteiger partial charge in [0, 0.05) is 18.2 Å². The highest BCUT2D eigenvalue weighted by molar-refractivity contribution is 5.41. The van der Waals surface area contributed by atoms with Gasteiger partial charge in [-0.15, -0.1) is 0 Å². The molecule has 16 heavy (non-hydrogen) atoms. The molecular weight excluding hydrogens is 200 g/mol. The molecule has 4 nitrogen and oxygen atoms in total. The minimum absolute atomic E-state index is 0.188. The Morgan fingerprint density at radius 2 is 2.38 bits per heavy atom. The second-order valence-corrected chi connectivity index (χ2v) is 4.76. The molecule has 0 saturated heterocycles. The number of nitrogens with zero attached hydrogens (tertiary/aromatic N) is 3. The zero-order valence-corrected chi connectivity index (χ0v) is 9.43. The highest BCUT2D eigenvalue weighted by atomic mass is 15.3. The molecule has 1 fully saturated rings. The summed E-state index contributed by atoms with van der Waals surface area (Å²) in [5, 5.41) is 4.47. The number of nitrogens with two attached hydrogens (primary N) is 1. The summed E-state index contributed by atoms with van der Waals surface area (Å²) in [6.45, 7) is 2.02. The van der Waals surface area contributed by atoms with Crippen LogP contribution in [-0.2, 0) is 6.42 Å². The molecular formula is C12H16N4. The first-order valence-electron chi connectivity index (χ1n) is 5.83. The summed E-state index contributed by atoms with van der Waals surface area (Å²) >= 11 is 0. The molecule has 2 aromatic heterocycles. The van der Waals surface area contributed by atoms with Crippen LogP contribution in [0.3, 0.4) is 0 Å². The topological polar surface area (TPSA) is 56.2 Å². The Labute approximate surface area is 94.5 Å². The van der Waals surface area contributed by atoms with E-state index < -0.39 is 0 Å². The number of aromatic nitrogens is 3. The number of hydrogen-bond donors (Lipinski definition) is 1. The zero-order valence-electron chi connectivity index (χ0n) is 9.43. The van der Waals surface area contributed by atoms with Crippen LogP contribution in [0.15, 0.2) is 18.3 Å². The maximum absolute atomic E-state index is 5.79. The lowest BCUT2D eigenvalue weighted by Crippen LogP contribution is -2.17. The Morgan fingerprint density at radius 1 is 1.56 bits per heavy atom. The zero-order chi connectivity index (χ0) is 11.1. The van der Waals surface area contributed by atoms with E-state index in [0.717, 1.165) is 17.9 Å². The predicted molar refractivity (Wildman–Crippen MR) is 62.3 cm³/mol. The summed E-state index contributed by atoms with van der Waals surface area (Å²) in [7, 11) is 0. The van der Waals surface area contributed by atoms with E-state index in [-0.39, 0.29) is 6.04 Å². The quantitative estimate of drug-likeness (QED) is 0.845. The van der Waals surface area contributed by atoms with E-state index in [2.05, 4.69) is 22.2 Å². The van der Waals surface area contributed by atoms with Gasteiger partial charge in [-0.25, -0.2) is 9.50 Å². The third-order valence-corrected chi connectivity index (χ3v) is 2.92. The van der Waals surface area contributed by atoms with Crippen LogP contribution in [0.2, 0.25) is 0 Å². The van der Waals surface area contributed by atoms with E-state index in [9.17, 15) is 0 Å². The number of pyridine rings is 1. The molecule has 3 rings (SSSR count). The number of hydrogen-bond acceptors (Lipinski definition) is 3. The van der Waals surface area contributed by atoms with Crippen LogP contribution in [-0.4, -0.2) is 20.6 Å². The third kappa shape index (κ3) is 1.80. The smallest absolute Gasteiger partial charge is 0.155 e. The van der Waals surface area contributed by atoms with Crippen molar-refractivity contribution in [3.05, 3.63) is 29.7 Å². The molecule has 2 heterocycles. The molecule has 1 saturated carbocycles. The standard InChI is InChI=1S/C12H16N4/c1-8(13)6-9-4-5-16-11(7-9)14-12(15-16)10-2-3-10/h4-5,7-8,10H,2-3,6,13H2,1H3. The van der Waals surface area contributed by atoms with Crippen molar-refractivity contribution >= 4 is 5.65 Å². The molecule has 1 unspecified atom stereocenters. The van der Waals surface area contributed by atoms with Gasteiger partial charge in [0.1, 0.15) is 0 Å². The molecule has 0 amide bonds. The fraction of sp³-hybridized carbons (Fsp3) is 0.500. The van der Waals surface area contributed by atoms with Gasteiger partial charge in [-0.05, 0) is 43.9 Å². The maximum Gasteiger partial charge on any atom is 0.155 e. The van der Waals surface area contributed by atoms with Crippen LogP contribution >= 0.6 is 0 Å². The SMILES string of the molecule is CC(N)Cc1ccn2nc(C3CC3)nc2c1. The van der Waals surface area contributed by atoms with E-state index in [4.69, 9.17) is 5.73 Å². The van der Waals surface area contributed by atoms with Crippen molar-refractivity contribution in [3.8, 4) is 0 Å². The molecule has 2 aromatic rings. The van der Waals surface area contributed by atoms with Gasteiger partial charge < -0.3 is 5.73 Å². The normalized spacial score (nSPS) is 17.9. The van der Waals surface area contributed by atoms with Gasteiger partial charge in [0.15, 0.2) is 11.5 Å². The van der Waals surface area contributed by atoms with Crippen molar-refractivity contribution in [1.29, 1.82) is 0 Å². The lowest BCUT2D eigenvalue weighted by Gasteiger charge is -2.04. The summed E-state index contributed by atoms with van der Waals surface area (Å²) in [5.41, 5.74) is 7.97. The van der Waals surface area contributed by atoms with Gasteiger partial charge in [0.2, 0.25) is 0 Å². The summed E-state index contributed by atoms with van der Waals surface area (Å²) in [6, 6.07) is 4.34. The number of fused-ring (bicyclic) bond motifs is 1. The van der Waals surface area contributed by atoms with Gasteiger partial charge in [-0.1, -0.05) is 0 Å². The third-order valence-electron chi connectivity index (χ3n) is 2.92. The van der Waals surface area contributed by atoms with Crippen LogP contribution in [0, 0.1) is 0 Å². The molecule has 1 atom stereocenters. The minimum Gasteiger partial charge on any atom is -0.328 e. The fourth-order valence-corrected chi connectivity index (χ4v) is 1.95. The summed E-state index contributed by atoms with van der Waals surface area (Å²) in [5.74, 6) is 1.61. The Morgan fingerprint density at radius 3 is 3.06 bits per heavy atom. The summed E-state index contributed by atoms with van der Waals surface area (Å²) < 4.78 is 1.86. The molecule has 0 aliphatic heterocycles. The van der Waals surface area contributed by atoms with Gasteiger partial charge in [0.25, 0.3) is 0 Å². The van der Waals surface area contributed by atoms with E-state index in [1.807, 2.05) is 17.6 Å². The lowest BCUT2D eigenvalue weighted by atomic mass is 10.1. The highest BCUT2D eigenvalue weighted by Gasteiger charge is 2.27. The van der Waals surface area contributed by atoms with Crippen molar-refractivity contribution in [2.75, 3.05) is 0 Å². The largest absolute Gasteiger partial charge is 0.328 e. The monoisotopic (exact) mass is 216 g/mol. The molecule has 2 N–H and O–H groups in total. The van der Waals surface area contributed by atoms with Crippen molar-refractivity contribution in [2.45, 2.75) is 38.1 Å². The van der Waals surface area contributed by atoms with Crippen LogP contribution in [0.5, 0.6) is 0 Å². The lowest BCUT2D eigenvalue weighted by molar-refractivity contribution is 0.736. The summed E-state index contributed by atoms with van der Waals surface area (Å²) in [4.78, 5) is 4.55. The molecule has 1 aliphatic carbocycles. The van der Waals surface area contributed by atoms with E-state index >= 15 is 0 Å². The summed E-state index contributed by atoms with van der Waals surface area (Å²) in [6.07, 6.45) is 5.35.